The number of hydrogen-bond acceptors (Lipinski definition) is 11. The number of likely N-dealkylation sites (tertiary alicyclic amines) is 2. The van der Waals surface area contributed by atoms with Gasteiger partial charge in [-0.05, 0) is 62.5 Å². The van der Waals surface area contributed by atoms with Crippen molar-refractivity contribution in [3.05, 3.63) is 61.2 Å². The van der Waals surface area contributed by atoms with E-state index in [1.54, 1.807) is 28.4 Å². The molecular weight excluding hydrogens is 757 g/mol. The van der Waals surface area contributed by atoms with Gasteiger partial charge in [0.15, 0.2) is 11.3 Å². The highest BCUT2D eigenvalue weighted by molar-refractivity contribution is 6.05. The lowest BCUT2D eigenvalue weighted by Gasteiger charge is -2.61. The Morgan fingerprint density at radius 2 is 1.29 bits per heavy atom. The molecule has 2 saturated heterocycles. The summed E-state index contributed by atoms with van der Waals surface area (Å²) >= 11 is 0. The second-order valence-corrected chi connectivity index (χ2v) is 16.9. The molecule has 4 aliphatic carbocycles. The van der Waals surface area contributed by atoms with Gasteiger partial charge in [0.2, 0.25) is 23.6 Å². The fraction of sp³-hybridized carbons (Fsp3) is 0.524. The van der Waals surface area contributed by atoms with Crippen LogP contribution in [-0.2, 0) is 9.59 Å². The molecule has 2 bridgehead atoms. The molecule has 4 aromatic rings. The zero-order valence-electron chi connectivity index (χ0n) is 33.4. The van der Waals surface area contributed by atoms with E-state index in [1.807, 2.05) is 0 Å². The molecule has 17 nitrogen and oxygen atoms in total. The van der Waals surface area contributed by atoms with Crippen LogP contribution >= 0.6 is 0 Å². The smallest absolute Gasteiger partial charge is 0.255 e. The molecule has 6 heterocycles. The molecule has 0 spiro atoms. The van der Waals surface area contributed by atoms with Crippen LogP contribution in [0.5, 0.6) is 11.8 Å². The molecule has 4 aromatic heterocycles. The van der Waals surface area contributed by atoms with Crippen LogP contribution in [0.25, 0.3) is 22.3 Å². The third-order valence-electron chi connectivity index (χ3n) is 12.5. The molecule has 2 atom stereocenters. The summed E-state index contributed by atoms with van der Waals surface area (Å²) in [6.45, 7) is 11.8. The highest BCUT2D eigenvalue weighted by Gasteiger charge is 2.57. The summed E-state index contributed by atoms with van der Waals surface area (Å²) in [5, 5.41) is 16.6. The second-order valence-electron chi connectivity index (χ2n) is 16.9. The molecule has 6 aliphatic rings. The van der Waals surface area contributed by atoms with Crippen molar-refractivity contribution in [1.29, 1.82) is 0 Å². The molecule has 312 valence electrons. The summed E-state index contributed by atoms with van der Waals surface area (Å²) in [6, 6.07) is 0. The van der Waals surface area contributed by atoms with Crippen molar-refractivity contribution in [2.24, 2.45) is 11.8 Å². The zero-order valence-corrected chi connectivity index (χ0v) is 33.4. The van der Waals surface area contributed by atoms with Gasteiger partial charge in [-0.15, -0.1) is 0 Å². The zero-order chi connectivity index (χ0) is 41.3. The molecular formula is C42H52N10O7. The Morgan fingerprint density at radius 3 is 1.71 bits per heavy atom. The highest BCUT2D eigenvalue weighted by atomic mass is 16.5. The summed E-state index contributed by atoms with van der Waals surface area (Å²) in [6.07, 6.45) is 17.4. The average Bonchev–Trinajstić information content (AvgIpc) is 3.94. The number of piperidine rings is 2. The summed E-state index contributed by atoms with van der Waals surface area (Å²) < 4.78 is 12.0. The summed E-state index contributed by atoms with van der Waals surface area (Å²) in [5.41, 5.74) is 2.07. The van der Waals surface area contributed by atoms with E-state index < -0.39 is 5.60 Å². The third kappa shape index (κ3) is 8.65. The Balaban J connectivity index is 0.000000165. The molecule has 0 aromatic carbocycles. The van der Waals surface area contributed by atoms with Crippen LogP contribution in [-0.4, -0.2) is 125 Å². The largest absolute Gasteiger partial charge is 0.473 e. The Labute approximate surface area is 341 Å². The van der Waals surface area contributed by atoms with Crippen molar-refractivity contribution in [1.82, 2.24) is 50.3 Å². The van der Waals surface area contributed by atoms with Gasteiger partial charge in [0.25, 0.3) is 11.8 Å². The Bertz CT molecular complexity index is 2240. The van der Waals surface area contributed by atoms with Crippen LogP contribution < -0.4 is 20.1 Å². The van der Waals surface area contributed by atoms with Gasteiger partial charge < -0.3 is 45.0 Å². The maximum Gasteiger partial charge on any atom is 0.255 e. The minimum Gasteiger partial charge on any atom is -0.473 e. The van der Waals surface area contributed by atoms with Gasteiger partial charge in [0, 0.05) is 76.3 Å². The van der Waals surface area contributed by atoms with Crippen LogP contribution in [0.15, 0.2) is 50.1 Å². The molecule has 17 heteroatoms. The first-order valence-electron chi connectivity index (χ1n) is 20.6. The molecule has 5 N–H and O–H groups in total. The van der Waals surface area contributed by atoms with Crippen LogP contribution in [0, 0.1) is 11.8 Å². The first-order valence-corrected chi connectivity index (χ1v) is 20.6. The molecule has 4 saturated carbocycles. The van der Waals surface area contributed by atoms with Gasteiger partial charge in [-0.2, -0.15) is 0 Å². The number of nitrogens with one attached hydrogen (secondary N) is 4. The van der Waals surface area contributed by atoms with E-state index in [9.17, 15) is 24.3 Å². The number of aliphatic hydroxyl groups is 1. The van der Waals surface area contributed by atoms with E-state index in [1.165, 1.54) is 18.3 Å². The number of carbonyl (C=O) groups excluding carboxylic acids is 4. The number of ether oxygens (including phenoxy) is 2. The first-order chi connectivity index (χ1) is 28.4. The summed E-state index contributed by atoms with van der Waals surface area (Å²) in [5.74, 6) is 1.48. The van der Waals surface area contributed by atoms with Crippen molar-refractivity contribution >= 4 is 46.0 Å². The number of fused-ring (bicyclic) bond motifs is 2. The van der Waals surface area contributed by atoms with E-state index in [2.05, 4.69) is 60.6 Å². The quantitative estimate of drug-likeness (QED) is 0.138. The normalized spacial score (nSPS) is 25.3. The summed E-state index contributed by atoms with van der Waals surface area (Å²) in [4.78, 5) is 76.0. The van der Waals surface area contributed by atoms with Gasteiger partial charge in [0.1, 0.15) is 23.2 Å². The predicted octanol–water partition coefficient (Wildman–Crippen LogP) is 3.59. The number of carbonyl (C=O) groups is 4. The Hall–Kier alpha value is -5.84. The number of H-pyrrole nitrogens is 2. The lowest BCUT2D eigenvalue weighted by molar-refractivity contribution is -0.128. The van der Waals surface area contributed by atoms with Crippen molar-refractivity contribution in [3.8, 4) is 11.8 Å². The third-order valence-corrected chi connectivity index (χ3v) is 12.5. The van der Waals surface area contributed by atoms with Gasteiger partial charge in [-0.3, -0.25) is 19.2 Å². The second kappa shape index (κ2) is 16.4. The van der Waals surface area contributed by atoms with Crippen LogP contribution in [0.4, 0.5) is 0 Å². The van der Waals surface area contributed by atoms with Gasteiger partial charge in [-0.1, -0.05) is 20.1 Å². The number of nitrogens with zero attached hydrogens (tertiary/aromatic N) is 6. The minimum atomic E-state index is -0.844. The van der Waals surface area contributed by atoms with Crippen LogP contribution in [0.2, 0.25) is 0 Å². The monoisotopic (exact) mass is 808 g/mol. The van der Waals surface area contributed by atoms with Crippen molar-refractivity contribution < 1.29 is 33.8 Å². The molecule has 2 unspecified atom stereocenters. The van der Waals surface area contributed by atoms with Crippen molar-refractivity contribution in [2.75, 3.05) is 32.7 Å². The van der Waals surface area contributed by atoms with Gasteiger partial charge in [0.05, 0.1) is 29.1 Å². The molecule has 2 aliphatic heterocycles. The molecule has 10 rings (SSSR count). The van der Waals surface area contributed by atoms with E-state index in [0.717, 1.165) is 44.4 Å². The number of hydrogen-bond donors (Lipinski definition) is 5. The van der Waals surface area contributed by atoms with E-state index in [4.69, 9.17) is 9.47 Å². The molecule has 6 fully saturated rings. The highest BCUT2D eigenvalue weighted by Crippen LogP contribution is 2.57. The number of aromatic nitrogens is 6. The predicted molar refractivity (Wildman–Crippen MR) is 216 cm³/mol. The van der Waals surface area contributed by atoms with Crippen molar-refractivity contribution in [3.63, 3.8) is 0 Å². The SMILES string of the molecule is C=CC(=O)N1CCC(Oc2cnc3[nH]cc(C(=O)NC45CC(C4)C5)c3n2)CC1.C=CC(=O)N1CCC(Oc2cnc3[nH]cc(C(=O)NCC4(O)CCC(C)C4)c3n2)CC1. The Kier molecular flexibility index (Phi) is 11.1. The maximum absolute atomic E-state index is 12.7. The standard InChI is InChI=1S/C22H29N5O4.C20H23N5O3/c1-3-18(28)27-8-5-15(6-9-27)31-17-12-24-20-19(26-17)16(11-23-20)21(29)25-13-22(30)7-4-14(2)10-22;1-2-16(26)25-5-3-13(4-6-25)28-15-11-22-18-17(23-15)14(10-21-18)19(27)24-20-7-12(8-20)9-20/h3,11-12,14-15,30H,1,4-10,13H2,2H3,(H,23,24)(H,25,29);2,10-13H,1,3-9H2,(H,21,22)(H,24,27). The fourth-order valence-electron chi connectivity index (χ4n) is 9.01. The lowest BCUT2D eigenvalue weighted by Crippen LogP contribution is -2.68. The van der Waals surface area contributed by atoms with E-state index in [-0.39, 0.29) is 47.9 Å². The summed E-state index contributed by atoms with van der Waals surface area (Å²) in [7, 11) is 0. The lowest BCUT2D eigenvalue weighted by atomic mass is 9.50. The topological polar surface area (TPSA) is 221 Å². The van der Waals surface area contributed by atoms with Crippen LogP contribution in [0.1, 0.15) is 91.8 Å². The van der Waals surface area contributed by atoms with Gasteiger partial charge >= 0.3 is 0 Å². The molecule has 59 heavy (non-hydrogen) atoms. The molecule has 0 radical (unpaired) electrons. The fourth-order valence-corrected chi connectivity index (χ4v) is 9.01. The number of amides is 4. The van der Waals surface area contributed by atoms with E-state index in [0.29, 0.717) is 103 Å². The Morgan fingerprint density at radius 1 is 0.797 bits per heavy atom. The first kappa shape index (κ1) is 40.0. The minimum absolute atomic E-state index is 0.0176. The van der Waals surface area contributed by atoms with Gasteiger partial charge in [-0.25, -0.2) is 19.9 Å². The van der Waals surface area contributed by atoms with E-state index >= 15 is 0 Å². The molecule has 4 amide bonds. The number of rotatable bonds is 11. The average molecular weight is 809 g/mol. The number of aromatic amines is 2. The van der Waals surface area contributed by atoms with Crippen LogP contribution in [0.3, 0.4) is 0 Å². The maximum atomic E-state index is 12.7. The van der Waals surface area contributed by atoms with Crippen molar-refractivity contribution in [2.45, 2.75) is 94.5 Å².